The molecule has 0 N–H and O–H groups in total. The first-order chi connectivity index (χ1) is 7.27. The highest BCUT2D eigenvalue weighted by atomic mass is 32.1. The van der Waals surface area contributed by atoms with Gasteiger partial charge in [-0.15, -0.1) is 11.3 Å². The van der Waals surface area contributed by atoms with Gasteiger partial charge in [0.25, 0.3) is 0 Å². The van der Waals surface area contributed by atoms with E-state index in [1.165, 1.54) is 0 Å². The average molecular weight is 217 g/mol. The monoisotopic (exact) mass is 217 g/mol. The summed E-state index contributed by atoms with van der Waals surface area (Å²) in [5, 5.41) is 12.8. The fourth-order valence-electron chi connectivity index (χ4n) is 1.47. The summed E-state index contributed by atoms with van der Waals surface area (Å²) in [6, 6.07) is 10.9. The topological polar surface area (TPSA) is 40.1 Å². The van der Waals surface area contributed by atoms with Crippen molar-refractivity contribution in [2.75, 3.05) is 0 Å². The maximum atomic E-state index is 10.8. The van der Waals surface area contributed by atoms with Crippen LogP contribution in [0.3, 0.4) is 0 Å². The van der Waals surface area contributed by atoms with E-state index in [4.69, 9.17) is 0 Å². The summed E-state index contributed by atoms with van der Waals surface area (Å²) in [6.07, 6.45) is 0.655. The Kier molecular flexibility index (Phi) is 2.83. The number of carbonyl (C=O) groups is 1. The molecular weight excluding hydrogens is 208 g/mol. The van der Waals surface area contributed by atoms with E-state index in [9.17, 15) is 9.90 Å². The standard InChI is InChI=1S/C12H10O2S/c13-12(14)11-6-2-1-4-9(11)8-10-5-3-7-15-10/h1-7H,8H2,(H,13,14)/p-1. The van der Waals surface area contributed by atoms with Crippen LogP contribution in [0.15, 0.2) is 41.8 Å². The highest BCUT2D eigenvalue weighted by molar-refractivity contribution is 7.09. The van der Waals surface area contributed by atoms with Crippen molar-refractivity contribution in [3.8, 4) is 0 Å². The van der Waals surface area contributed by atoms with Crippen molar-refractivity contribution in [3.63, 3.8) is 0 Å². The third kappa shape index (κ3) is 2.25. The summed E-state index contributed by atoms with van der Waals surface area (Å²) in [6.45, 7) is 0. The van der Waals surface area contributed by atoms with Crippen LogP contribution in [-0.2, 0) is 6.42 Å². The van der Waals surface area contributed by atoms with E-state index >= 15 is 0 Å². The number of hydrogen-bond donors (Lipinski definition) is 0. The van der Waals surface area contributed by atoms with Gasteiger partial charge in [-0.2, -0.15) is 0 Å². The molecule has 1 heterocycles. The number of benzene rings is 1. The van der Waals surface area contributed by atoms with Gasteiger partial charge in [-0.25, -0.2) is 0 Å². The van der Waals surface area contributed by atoms with E-state index in [2.05, 4.69) is 0 Å². The highest BCUT2D eigenvalue weighted by Crippen LogP contribution is 2.17. The smallest absolute Gasteiger partial charge is 0.0718 e. The number of rotatable bonds is 3. The summed E-state index contributed by atoms with van der Waals surface area (Å²) in [7, 11) is 0. The number of aromatic carboxylic acids is 1. The van der Waals surface area contributed by atoms with Gasteiger partial charge in [0.2, 0.25) is 0 Å². The lowest BCUT2D eigenvalue weighted by atomic mass is 10.0. The van der Waals surface area contributed by atoms with Crippen molar-refractivity contribution in [1.82, 2.24) is 0 Å². The minimum atomic E-state index is -1.11. The molecule has 0 atom stereocenters. The highest BCUT2D eigenvalue weighted by Gasteiger charge is 2.03. The van der Waals surface area contributed by atoms with E-state index in [0.29, 0.717) is 6.42 Å². The van der Waals surface area contributed by atoms with Crippen molar-refractivity contribution >= 4 is 17.3 Å². The lowest BCUT2D eigenvalue weighted by molar-refractivity contribution is -0.255. The molecule has 0 fully saturated rings. The Hall–Kier alpha value is -1.61. The molecule has 0 saturated carbocycles. The minimum absolute atomic E-state index is 0.283. The normalized spacial score (nSPS) is 10.1. The van der Waals surface area contributed by atoms with E-state index in [0.717, 1.165) is 10.4 Å². The lowest BCUT2D eigenvalue weighted by Gasteiger charge is -2.08. The zero-order valence-corrected chi connectivity index (χ0v) is 8.79. The zero-order chi connectivity index (χ0) is 10.7. The molecule has 2 nitrogen and oxygen atoms in total. The Bertz CT molecular complexity index is 460. The minimum Gasteiger partial charge on any atom is -0.545 e. The molecule has 0 saturated heterocycles. The summed E-state index contributed by atoms with van der Waals surface area (Å²) < 4.78 is 0. The Morgan fingerprint density at radius 1 is 1.20 bits per heavy atom. The first-order valence-electron chi connectivity index (χ1n) is 4.59. The molecule has 3 heteroatoms. The average Bonchev–Trinajstić information content (AvgIpc) is 2.71. The molecule has 0 amide bonds. The molecule has 0 aliphatic heterocycles. The van der Waals surface area contributed by atoms with Crippen molar-refractivity contribution < 1.29 is 9.90 Å². The zero-order valence-electron chi connectivity index (χ0n) is 7.97. The lowest BCUT2D eigenvalue weighted by Crippen LogP contribution is -2.23. The fraction of sp³-hybridized carbons (Fsp3) is 0.0833. The van der Waals surface area contributed by atoms with E-state index in [1.807, 2.05) is 29.6 Å². The van der Waals surface area contributed by atoms with E-state index in [1.54, 1.807) is 23.5 Å². The predicted octanol–water partition coefficient (Wildman–Crippen LogP) is 1.70. The molecule has 2 aromatic rings. The third-order valence-electron chi connectivity index (χ3n) is 2.18. The maximum absolute atomic E-state index is 10.8. The van der Waals surface area contributed by atoms with Crippen LogP contribution in [-0.4, -0.2) is 5.97 Å². The summed E-state index contributed by atoms with van der Waals surface area (Å²) in [4.78, 5) is 12.0. The van der Waals surface area contributed by atoms with Gasteiger partial charge < -0.3 is 9.90 Å². The molecule has 0 radical (unpaired) electrons. The van der Waals surface area contributed by atoms with Crippen LogP contribution in [0.5, 0.6) is 0 Å². The van der Waals surface area contributed by atoms with E-state index in [-0.39, 0.29) is 5.56 Å². The fourth-order valence-corrected chi connectivity index (χ4v) is 2.20. The second kappa shape index (κ2) is 4.28. The van der Waals surface area contributed by atoms with Gasteiger partial charge >= 0.3 is 0 Å². The second-order valence-corrected chi connectivity index (χ2v) is 4.23. The van der Waals surface area contributed by atoms with E-state index < -0.39 is 5.97 Å². The Morgan fingerprint density at radius 2 is 2.00 bits per heavy atom. The Morgan fingerprint density at radius 3 is 2.67 bits per heavy atom. The van der Waals surface area contributed by atoms with Gasteiger partial charge in [0.05, 0.1) is 5.97 Å². The third-order valence-corrected chi connectivity index (χ3v) is 3.06. The van der Waals surface area contributed by atoms with Crippen LogP contribution in [0, 0.1) is 0 Å². The molecule has 1 aromatic heterocycles. The molecule has 0 unspecified atom stereocenters. The van der Waals surface area contributed by atoms with Gasteiger partial charge in [-0.3, -0.25) is 0 Å². The van der Waals surface area contributed by atoms with Crippen LogP contribution in [0.2, 0.25) is 0 Å². The van der Waals surface area contributed by atoms with Crippen molar-refractivity contribution in [2.45, 2.75) is 6.42 Å². The molecule has 0 aliphatic rings. The van der Waals surface area contributed by atoms with Crippen LogP contribution < -0.4 is 5.11 Å². The maximum Gasteiger partial charge on any atom is 0.0718 e. The van der Waals surface area contributed by atoms with Crippen LogP contribution >= 0.6 is 11.3 Å². The van der Waals surface area contributed by atoms with Gasteiger partial charge in [-0.05, 0) is 17.0 Å². The quantitative estimate of drug-likeness (QED) is 0.785. The van der Waals surface area contributed by atoms with Crippen molar-refractivity contribution in [1.29, 1.82) is 0 Å². The van der Waals surface area contributed by atoms with Gasteiger partial charge in [0, 0.05) is 16.9 Å². The summed E-state index contributed by atoms with van der Waals surface area (Å²) in [5.74, 6) is -1.11. The number of carboxylic acid groups (broad SMARTS) is 1. The van der Waals surface area contributed by atoms with Crippen molar-refractivity contribution in [3.05, 3.63) is 57.8 Å². The molecule has 2 rings (SSSR count). The van der Waals surface area contributed by atoms with Crippen LogP contribution in [0.25, 0.3) is 0 Å². The first-order valence-corrected chi connectivity index (χ1v) is 5.47. The Balaban J connectivity index is 2.32. The summed E-state index contributed by atoms with van der Waals surface area (Å²) >= 11 is 1.62. The molecule has 0 spiro atoms. The molecule has 15 heavy (non-hydrogen) atoms. The predicted molar refractivity (Wildman–Crippen MR) is 57.9 cm³/mol. The second-order valence-electron chi connectivity index (χ2n) is 3.20. The summed E-state index contributed by atoms with van der Waals surface area (Å²) in [5.41, 5.74) is 1.09. The Labute approximate surface area is 91.8 Å². The molecule has 0 aliphatic carbocycles. The van der Waals surface area contributed by atoms with Crippen LogP contribution in [0.1, 0.15) is 20.8 Å². The molecule has 76 valence electrons. The number of thiophene rings is 1. The molecular formula is C12H9O2S-. The first kappa shape index (κ1) is 9.93. The van der Waals surface area contributed by atoms with Gasteiger partial charge in [0.1, 0.15) is 0 Å². The molecule has 1 aromatic carbocycles. The molecule has 0 bridgehead atoms. The van der Waals surface area contributed by atoms with Crippen LogP contribution in [0.4, 0.5) is 0 Å². The SMILES string of the molecule is O=C([O-])c1ccccc1Cc1cccs1. The number of hydrogen-bond acceptors (Lipinski definition) is 3. The largest absolute Gasteiger partial charge is 0.545 e. The van der Waals surface area contributed by atoms with Gasteiger partial charge in [-0.1, -0.05) is 30.3 Å². The van der Waals surface area contributed by atoms with Crippen molar-refractivity contribution in [2.24, 2.45) is 0 Å². The number of carboxylic acids is 1. The van der Waals surface area contributed by atoms with Gasteiger partial charge in [0.15, 0.2) is 0 Å². The number of carbonyl (C=O) groups excluding carboxylic acids is 1.